The minimum atomic E-state index is -0.304. The minimum absolute atomic E-state index is 0.166. The fraction of sp³-hybridized carbons (Fsp3) is 0.214. The summed E-state index contributed by atoms with van der Waals surface area (Å²) in [5.41, 5.74) is 1.09. The molecule has 1 aliphatic heterocycles. The van der Waals surface area contributed by atoms with Crippen LogP contribution in [-0.2, 0) is 4.79 Å². The van der Waals surface area contributed by atoms with Crippen LogP contribution in [0.1, 0.15) is 10.4 Å². The second-order valence-electron chi connectivity index (χ2n) is 4.69. The molecule has 1 N–H and O–H groups in total. The summed E-state index contributed by atoms with van der Waals surface area (Å²) in [6.45, 7) is 0.365. The second kappa shape index (κ2) is 6.61. The highest BCUT2D eigenvalue weighted by Gasteiger charge is 2.29. The minimum Gasteiger partial charge on any atom is -0.350 e. The number of carbonyl (C=O) groups is 3. The van der Waals surface area contributed by atoms with E-state index in [1.807, 2.05) is 0 Å². The fourth-order valence-corrected chi connectivity index (χ4v) is 2.83. The first-order chi connectivity index (χ1) is 11.1. The third kappa shape index (κ3) is 3.39. The van der Waals surface area contributed by atoms with Crippen molar-refractivity contribution in [2.24, 2.45) is 0 Å². The van der Waals surface area contributed by atoms with Gasteiger partial charge in [-0.05, 0) is 12.1 Å². The largest absolute Gasteiger partial charge is 0.350 e. The summed E-state index contributed by atoms with van der Waals surface area (Å²) in [7, 11) is 0. The van der Waals surface area contributed by atoms with Crippen LogP contribution in [0, 0.1) is 0 Å². The average molecular weight is 332 g/mol. The van der Waals surface area contributed by atoms with Gasteiger partial charge in [0, 0.05) is 24.2 Å². The summed E-state index contributed by atoms with van der Waals surface area (Å²) >= 11 is 0.971. The molecule has 3 amide bonds. The van der Waals surface area contributed by atoms with E-state index in [0.29, 0.717) is 17.0 Å². The Hall–Kier alpha value is -2.68. The molecule has 0 saturated carbocycles. The van der Waals surface area contributed by atoms with E-state index in [1.54, 1.807) is 24.3 Å². The Morgan fingerprint density at radius 1 is 1.39 bits per heavy atom. The molecule has 0 radical (unpaired) electrons. The van der Waals surface area contributed by atoms with Gasteiger partial charge in [0.15, 0.2) is 0 Å². The molecule has 2 aromatic rings. The van der Waals surface area contributed by atoms with Crippen molar-refractivity contribution >= 4 is 28.8 Å². The molecule has 0 atom stereocenters. The van der Waals surface area contributed by atoms with Gasteiger partial charge < -0.3 is 9.84 Å². The molecule has 23 heavy (non-hydrogen) atoms. The van der Waals surface area contributed by atoms with Crippen LogP contribution in [0.15, 0.2) is 35.2 Å². The number of carbonyl (C=O) groups excluding carboxylic acids is 3. The Morgan fingerprint density at radius 3 is 2.96 bits per heavy atom. The van der Waals surface area contributed by atoms with E-state index in [4.69, 9.17) is 0 Å². The van der Waals surface area contributed by atoms with Crippen molar-refractivity contribution < 1.29 is 18.9 Å². The van der Waals surface area contributed by atoms with Gasteiger partial charge in [-0.2, -0.15) is 4.98 Å². The van der Waals surface area contributed by atoms with Crippen LogP contribution >= 0.6 is 11.8 Å². The van der Waals surface area contributed by atoms with Gasteiger partial charge in [0.2, 0.25) is 18.1 Å². The molecule has 3 rings (SSSR count). The van der Waals surface area contributed by atoms with E-state index < -0.39 is 0 Å². The molecule has 9 heteroatoms. The zero-order valence-corrected chi connectivity index (χ0v) is 12.7. The lowest BCUT2D eigenvalue weighted by molar-refractivity contribution is -0.124. The summed E-state index contributed by atoms with van der Waals surface area (Å²) in [6, 6.07) is 6.77. The van der Waals surface area contributed by atoms with E-state index >= 15 is 0 Å². The first kappa shape index (κ1) is 15.2. The molecule has 0 spiro atoms. The Bertz CT molecular complexity index is 731. The standard InChI is InChI=1S/C14H12N4O4S/c19-11-7-23-14(21)18(11)5-4-15-13(20)10-3-1-2-9(6-10)12-16-8-22-17-12/h1-3,6,8H,4-5,7H2,(H,15,20). The third-order valence-electron chi connectivity index (χ3n) is 3.21. The molecule has 0 unspecified atom stereocenters. The quantitative estimate of drug-likeness (QED) is 0.876. The molecule has 0 bridgehead atoms. The van der Waals surface area contributed by atoms with Crippen molar-refractivity contribution in [2.75, 3.05) is 18.8 Å². The lowest BCUT2D eigenvalue weighted by Crippen LogP contribution is -2.37. The topological polar surface area (TPSA) is 105 Å². The normalized spacial score (nSPS) is 14.3. The first-order valence-corrected chi connectivity index (χ1v) is 7.76. The Kier molecular flexibility index (Phi) is 4.38. The maximum absolute atomic E-state index is 12.1. The summed E-state index contributed by atoms with van der Waals surface area (Å²) in [5.74, 6) is 0.0277. The third-order valence-corrected chi connectivity index (χ3v) is 4.06. The van der Waals surface area contributed by atoms with Crippen LogP contribution in [0.2, 0.25) is 0 Å². The van der Waals surface area contributed by atoms with Crippen LogP contribution in [0.3, 0.4) is 0 Å². The van der Waals surface area contributed by atoms with Crippen LogP contribution < -0.4 is 5.32 Å². The molecule has 1 fully saturated rings. The van der Waals surface area contributed by atoms with Gasteiger partial charge in [-0.15, -0.1) is 0 Å². The van der Waals surface area contributed by atoms with Crippen molar-refractivity contribution in [3.05, 3.63) is 36.2 Å². The number of imide groups is 1. The number of hydrogen-bond donors (Lipinski definition) is 1. The highest BCUT2D eigenvalue weighted by Crippen LogP contribution is 2.18. The Morgan fingerprint density at radius 2 is 2.26 bits per heavy atom. The number of amides is 3. The monoisotopic (exact) mass is 332 g/mol. The SMILES string of the molecule is O=C(NCCN1C(=O)CSC1=O)c1cccc(-c2ncon2)c1. The van der Waals surface area contributed by atoms with Crippen molar-refractivity contribution in [1.29, 1.82) is 0 Å². The van der Waals surface area contributed by atoms with Crippen molar-refractivity contribution in [3.63, 3.8) is 0 Å². The van der Waals surface area contributed by atoms with Crippen LogP contribution in [0.25, 0.3) is 11.4 Å². The Labute approximate surface area is 135 Å². The van der Waals surface area contributed by atoms with Crippen molar-refractivity contribution in [3.8, 4) is 11.4 Å². The molecular formula is C14H12N4O4S. The van der Waals surface area contributed by atoms with Crippen LogP contribution in [0.4, 0.5) is 4.79 Å². The summed E-state index contributed by atoms with van der Waals surface area (Å²) in [4.78, 5) is 40.1. The molecule has 1 saturated heterocycles. The zero-order valence-electron chi connectivity index (χ0n) is 11.9. The van der Waals surface area contributed by atoms with Crippen LogP contribution in [0.5, 0.6) is 0 Å². The van der Waals surface area contributed by atoms with E-state index in [0.717, 1.165) is 16.7 Å². The predicted molar refractivity (Wildman–Crippen MR) is 81.6 cm³/mol. The number of benzene rings is 1. The maximum Gasteiger partial charge on any atom is 0.288 e. The molecule has 1 aromatic heterocycles. The Balaban J connectivity index is 1.59. The van der Waals surface area contributed by atoms with E-state index in [1.165, 1.54) is 6.39 Å². The van der Waals surface area contributed by atoms with Gasteiger partial charge >= 0.3 is 0 Å². The van der Waals surface area contributed by atoms with Crippen LogP contribution in [-0.4, -0.2) is 50.9 Å². The number of rotatable bonds is 5. The van der Waals surface area contributed by atoms with Gasteiger partial charge in [0.05, 0.1) is 5.75 Å². The van der Waals surface area contributed by atoms with E-state index in [-0.39, 0.29) is 35.9 Å². The molecule has 1 aliphatic rings. The zero-order chi connectivity index (χ0) is 16.2. The van der Waals surface area contributed by atoms with Gasteiger partial charge in [-0.25, -0.2) is 0 Å². The van der Waals surface area contributed by atoms with E-state index in [9.17, 15) is 14.4 Å². The summed E-state index contributed by atoms with van der Waals surface area (Å²) in [5, 5.41) is 6.12. The highest BCUT2D eigenvalue weighted by molar-refractivity contribution is 8.14. The maximum atomic E-state index is 12.1. The number of thioether (sulfide) groups is 1. The van der Waals surface area contributed by atoms with Gasteiger partial charge in [-0.3, -0.25) is 19.3 Å². The van der Waals surface area contributed by atoms with Crippen molar-refractivity contribution in [2.45, 2.75) is 0 Å². The van der Waals surface area contributed by atoms with Gasteiger partial charge in [0.25, 0.3) is 11.1 Å². The highest BCUT2D eigenvalue weighted by atomic mass is 32.2. The molecule has 118 valence electrons. The average Bonchev–Trinajstić information content (AvgIpc) is 3.20. The number of nitrogens with one attached hydrogen (secondary N) is 1. The van der Waals surface area contributed by atoms with Crippen molar-refractivity contribution in [1.82, 2.24) is 20.4 Å². The molecular weight excluding hydrogens is 320 g/mol. The first-order valence-electron chi connectivity index (χ1n) is 6.77. The summed E-state index contributed by atoms with van der Waals surface area (Å²) < 4.78 is 4.68. The smallest absolute Gasteiger partial charge is 0.288 e. The summed E-state index contributed by atoms with van der Waals surface area (Å²) in [6.07, 6.45) is 1.21. The molecule has 1 aromatic carbocycles. The second-order valence-corrected chi connectivity index (χ2v) is 5.62. The fourth-order valence-electron chi connectivity index (χ4n) is 2.08. The molecule has 0 aliphatic carbocycles. The number of hydrogen-bond acceptors (Lipinski definition) is 7. The predicted octanol–water partition coefficient (Wildman–Crippen LogP) is 1.16. The lowest BCUT2D eigenvalue weighted by Gasteiger charge is -2.13. The van der Waals surface area contributed by atoms with E-state index in [2.05, 4.69) is 20.0 Å². The van der Waals surface area contributed by atoms with Gasteiger partial charge in [0.1, 0.15) is 0 Å². The molecule has 2 heterocycles. The molecule has 8 nitrogen and oxygen atoms in total. The number of nitrogens with zero attached hydrogens (tertiary/aromatic N) is 3. The van der Waals surface area contributed by atoms with Gasteiger partial charge in [-0.1, -0.05) is 29.1 Å². The lowest BCUT2D eigenvalue weighted by atomic mass is 10.1. The number of aromatic nitrogens is 2.